The molecule has 0 radical (unpaired) electrons. The van der Waals surface area contributed by atoms with Gasteiger partial charge in [-0.05, 0) is 40.9 Å². The summed E-state index contributed by atoms with van der Waals surface area (Å²) in [5.74, 6) is 0.945. The molecule has 0 aliphatic rings. The van der Waals surface area contributed by atoms with Crippen LogP contribution in [0.2, 0.25) is 0 Å². The van der Waals surface area contributed by atoms with Crippen LogP contribution in [0, 0.1) is 0 Å². The van der Waals surface area contributed by atoms with E-state index >= 15 is 0 Å². The summed E-state index contributed by atoms with van der Waals surface area (Å²) in [7, 11) is 1.71. The van der Waals surface area contributed by atoms with Gasteiger partial charge in [0, 0.05) is 4.70 Å². The Hall–Kier alpha value is -1.02. The molecule has 0 N–H and O–H groups in total. The minimum absolute atomic E-state index is 0.945. The molecule has 13 heavy (non-hydrogen) atoms. The van der Waals surface area contributed by atoms with Gasteiger partial charge in [0.05, 0.1) is 7.11 Å². The van der Waals surface area contributed by atoms with E-state index in [4.69, 9.17) is 4.74 Å². The van der Waals surface area contributed by atoms with Crippen molar-refractivity contribution in [1.82, 2.24) is 0 Å². The van der Waals surface area contributed by atoms with Crippen molar-refractivity contribution < 1.29 is 4.74 Å². The molecule has 1 aromatic carbocycles. The SMILES string of the molecule is CCc1csc2ccc(OC)cc12. The van der Waals surface area contributed by atoms with E-state index in [9.17, 15) is 0 Å². The highest BCUT2D eigenvalue weighted by molar-refractivity contribution is 7.17. The highest BCUT2D eigenvalue weighted by Crippen LogP contribution is 2.29. The van der Waals surface area contributed by atoms with Crippen LogP contribution >= 0.6 is 11.3 Å². The van der Waals surface area contributed by atoms with Gasteiger partial charge in [-0.15, -0.1) is 11.3 Å². The molecule has 1 aromatic heterocycles. The Morgan fingerprint density at radius 1 is 1.38 bits per heavy atom. The van der Waals surface area contributed by atoms with Crippen LogP contribution in [0.3, 0.4) is 0 Å². The minimum Gasteiger partial charge on any atom is -0.497 e. The predicted octanol–water partition coefficient (Wildman–Crippen LogP) is 3.47. The molecule has 2 aromatic rings. The van der Waals surface area contributed by atoms with E-state index in [1.807, 2.05) is 6.07 Å². The Morgan fingerprint density at radius 3 is 2.92 bits per heavy atom. The Bertz CT molecular complexity index is 417. The van der Waals surface area contributed by atoms with Gasteiger partial charge in [0.25, 0.3) is 0 Å². The van der Waals surface area contributed by atoms with Gasteiger partial charge in [-0.3, -0.25) is 0 Å². The van der Waals surface area contributed by atoms with Crippen molar-refractivity contribution in [1.29, 1.82) is 0 Å². The lowest BCUT2D eigenvalue weighted by molar-refractivity contribution is 0.415. The summed E-state index contributed by atoms with van der Waals surface area (Å²) in [6.45, 7) is 2.18. The Morgan fingerprint density at radius 2 is 2.23 bits per heavy atom. The molecule has 0 spiro atoms. The van der Waals surface area contributed by atoms with Crippen molar-refractivity contribution in [2.45, 2.75) is 13.3 Å². The van der Waals surface area contributed by atoms with Crippen LogP contribution in [0.25, 0.3) is 10.1 Å². The number of fused-ring (bicyclic) bond motifs is 1. The van der Waals surface area contributed by atoms with E-state index in [0.717, 1.165) is 12.2 Å². The summed E-state index contributed by atoms with van der Waals surface area (Å²) in [5.41, 5.74) is 1.42. The van der Waals surface area contributed by atoms with Gasteiger partial charge in [0.15, 0.2) is 0 Å². The molecule has 0 aliphatic heterocycles. The molecule has 2 heteroatoms. The number of ether oxygens (including phenoxy) is 1. The van der Waals surface area contributed by atoms with Crippen molar-refractivity contribution in [3.8, 4) is 5.75 Å². The molecule has 0 fully saturated rings. The topological polar surface area (TPSA) is 9.23 Å². The molecule has 2 rings (SSSR count). The summed E-state index contributed by atoms with van der Waals surface area (Å²) < 4.78 is 6.54. The number of methoxy groups -OCH3 is 1. The van der Waals surface area contributed by atoms with E-state index in [-0.39, 0.29) is 0 Å². The third kappa shape index (κ3) is 1.42. The monoisotopic (exact) mass is 192 g/mol. The Labute approximate surface area is 82.0 Å². The summed E-state index contributed by atoms with van der Waals surface area (Å²) in [6, 6.07) is 6.25. The van der Waals surface area contributed by atoms with Gasteiger partial charge in [-0.25, -0.2) is 0 Å². The van der Waals surface area contributed by atoms with Crippen molar-refractivity contribution in [2.24, 2.45) is 0 Å². The average Bonchev–Trinajstić information content (AvgIpc) is 2.59. The summed E-state index contributed by atoms with van der Waals surface area (Å²) in [5, 5.41) is 3.57. The third-order valence-electron chi connectivity index (χ3n) is 2.24. The van der Waals surface area contributed by atoms with Gasteiger partial charge in [-0.2, -0.15) is 0 Å². The second kappa shape index (κ2) is 3.38. The quantitative estimate of drug-likeness (QED) is 0.708. The highest BCUT2D eigenvalue weighted by Gasteiger charge is 2.02. The molecule has 0 amide bonds. The number of rotatable bonds is 2. The maximum absolute atomic E-state index is 5.20. The van der Waals surface area contributed by atoms with E-state index in [1.54, 1.807) is 18.4 Å². The van der Waals surface area contributed by atoms with E-state index < -0.39 is 0 Å². The predicted molar refractivity (Wildman–Crippen MR) is 57.8 cm³/mol. The fraction of sp³-hybridized carbons (Fsp3) is 0.273. The fourth-order valence-corrected chi connectivity index (χ4v) is 2.49. The maximum Gasteiger partial charge on any atom is 0.119 e. The zero-order valence-corrected chi connectivity index (χ0v) is 8.65. The zero-order valence-electron chi connectivity index (χ0n) is 7.83. The molecule has 0 unspecified atom stereocenters. The number of thiophene rings is 1. The first-order valence-corrected chi connectivity index (χ1v) is 5.27. The van der Waals surface area contributed by atoms with Crippen LogP contribution in [0.5, 0.6) is 5.75 Å². The summed E-state index contributed by atoms with van der Waals surface area (Å²) in [4.78, 5) is 0. The van der Waals surface area contributed by atoms with Crippen LogP contribution in [-0.4, -0.2) is 7.11 Å². The summed E-state index contributed by atoms with van der Waals surface area (Å²) in [6.07, 6.45) is 1.09. The highest BCUT2D eigenvalue weighted by atomic mass is 32.1. The van der Waals surface area contributed by atoms with Crippen LogP contribution in [0.1, 0.15) is 12.5 Å². The van der Waals surface area contributed by atoms with Crippen molar-refractivity contribution in [2.75, 3.05) is 7.11 Å². The van der Waals surface area contributed by atoms with Crippen molar-refractivity contribution in [3.63, 3.8) is 0 Å². The van der Waals surface area contributed by atoms with Gasteiger partial charge in [0.2, 0.25) is 0 Å². The number of hydrogen-bond acceptors (Lipinski definition) is 2. The smallest absolute Gasteiger partial charge is 0.119 e. The van der Waals surface area contributed by atoms with Crippen molar-refractivity contribution in [3.05, 3.63) is 29.1 Å². The summed E-state index contributed by atoms with van der Waals surface area (Å²) >= 11 is 1.80. The standard InChI is InChI=1S/C11H12OS/c1-3-8-7-13-11-5-4-9(12-2)6-10(8)11/h4-7H,3H2,1-2H3. The molecule has 1 nitrogen and oxygen atoms in total. The molecule has 0 saturated carbocycles. The van der Waals surface area contributed by atoms with Gasteiger partial charge >= 0.3 is 0 Å². The first-order chi connectivity index (χ1) is 6.35. The largest absolute Gasteiger partial charge is 0.497 e. The lowest BCUT2D eigenvalue weighted by Crippen LogP contribution is -1.82. The van der Waals surface area contributed by atoms with Crippen LogP contribution < -0.4 is 4.74 Å². The number of hydrogen-bond donors (Lipinski definition) is 0. The third-order valence-corrected chi connectivity index (χ3v) is 3.25. The first kappa shape index (κ1) is 8.57. The normalized spacial score (nSPS) is 10.6. The molecule has 1 heterocycles. The molecule has 0 bridgehead atoms. The van der Waals surface area contributed by atoms with Crippen molar-refractivity contribution >= 4 is 21.4 Å². The first-order valence-electron chi connectivity index (χ1n) is 4.39. The number of aryl methyl sites for hydroxylation is 1. The van der Waals surface area contributed by atoms with E-state index in [0.29, 0.717) is 0 Å². The molecular formula is C11H12OS. The zero-order chi connectivity index (χ0) is 9.26. The second-order valence-corrected chi connectivity index (χ2v) is 3.89. The lowest BCUT2D eigenvalue weighted by Gasteiger charge is -1.99. The van der Waals surface area contributed by atoms with Crippen LogP contribution in [-0.2, 0) is 6.42 Å². The maximum atomic E-state index is 5.20. The fourth-order valence-electron chi connectivity index (χ4n) is 1.46. The molecule has 0 saturated heterocycles. The average molecular weight is 192 g/mol. The Kier molecular flexibility index (Phi) is 2.23. The van der Waals surface area contributed by atoms with Crippen LogP contribution in [0.4, 0.5) is 0 Å². The van der Waals surface area contributed by atoms with Gasteiger partial charge in [0.1, 0.15) is 5.75 Å². The molecular weight excluding hydrogens is 180 g/mol. The lowest BCUT2D eigenvalue weighted by atomic mass is 10.1. The van der Waals surface area contributed by atoms with Gasteiger partial charge in [-0.1, -0.05) is 6.92 Å². The van der Waals surface area contributed by atoms with E-state index in [1.165, 1.54) is 15.6 Å². The van der Waals surface area contributed by atoms with Crippen LogP contribution in [0.15, 0.2) is 23.6 Å². The molecule has 0 aliphatic carbocycles. The second-order valence-electron chi connectivity index (χ2n) is 2.98. The number of benzene rings is 1. The van der Waals surface area contributed by atoms with E-state index in [2.05, 4.69) is 24.4 Å². The Balaban J connectivity index is 2.64. The molecule has 0 atom stereocenters. The molecule has 68 valence electrons. The minimum atomic E-state index is 0.945. The van der Waals surface area contributed by atoms with Gasteiger partial charge < -0.3 is 4.74 Å².